The fourth-order valence-electron chi connectivity index (χ4n) is 2.05. The van der Waals surface area contributed by atoms with E-state index in [1.807, 2.05) is 12.1 Å². The maximum atomic E-state index is 12.9. The zero-order valence-corrected chi connectivity index (χ0v) is 14.9. The first-order valence-electron chi connectivity index (χ1n) is 6.35. The van der Waals surface area contributed by atoms with E-state index in [2.05, 4.69) is 31.9 Å². The molecule has 0 saturated heterocycles. The van der Waals surface area contributed by atoms with Crippen molar-refractivity contribution in [1.29, 1.82) is 0 Å². The highest BCUT2D eigenvalue weighted by molar-refractivity contribution is 9.11. The van der Waals surface area contributed by atoms with Crippen molar-refractivity contribution in [2.75, 3.05) is 14.2 Å². The molecule has 0 saturated carbocycles. The van der Waals surface area contributed by atoms with Crippen LogP contribution in [0.1, 0.15) is 16.0 Å². The molecule has 5 heteroatoms. The minimum absolute atomic E-state index is 0.0807. The molecule has 2 nitrogen and oxygen atoms in total. The third-order valence-electron chi connectivity index (χ3n) is 3.17. The second kappa shape index (κ2) is 7.27. The Balaban J connectivity index is 2.26. The zero-order chi connectivity index (χ0) is 15.4. The molecular weight excluding hydrogens is 403 g/mol. The molecule has 0 aliphatic carbocycles. The molecule has 112 valence electrons. The molecule has 1 atom stereocenters. The van der Waals surface area contributed by atoms with E-state index < -0.39 is 0 Å². The van der Waals surface area contributed by atoms with Crippen LogP contribution in [0.5, 0.6) is 11.5 Å². The number of methoxy groups -OCH3 is 2. The summed E-state index contributed by atoms with van der Waals surface area (Å²) in [5, 5.41) is 0. The average molecular weight is 418 g/mol. The molecule has 0 amide bonds. The first kappa shape index (κ1) is 16.3. The van der Waals surface area contributed by atoms with E-state index in [-0.39, 0.29) is 10.6 Å². The molecule has 0 spiro atoms. The highest BCUT2D eigenvalue weighted by atomic mass is 79.9. The molecule has 0 heterocycles. The number of benzene rings is 2. The van der Waals surface area contributed by atoms with Gasteiger partial charge in [-0.3, -0.25) is 0 Å². The lowest BCUT2D eigenvalue weighted by atomic mass is 10.0. The van der Waals surface area contributed by atoms with Gasteiger partial charge in [0, 0.05) is 9.30 Å². The smallest absolute Gasteiger partial charge is 0.161 e. The van der Waals surface area contributed by atoms with E-state index >= 15 is 0 Å². The third kappa shape index (κ3) is 3.98. The van der Waals surface area contributed by atoms with E-state index in [9.17, 15) is 4.39 Å². The quantitative estimate of drug-likeness (QED) is 0.615. The molecule has 21 heavy (non-hydrogen) atoms. The summed E-state index contributed by atoms with van der Waals surface area (Å²) in [6, 6.07) is 10.3. The molecule has 2 aromatic carbocycles. The van der Waals surface area contributed by atoms with E-state index in [1.54, 1.807) is 26.4 Å². The van der Waals surface area contributed by atoms with Gasteiger partial charge in [-0.25, -0.2) is 4.39 Å². The summed E-state index contributed by atoms with van der Waals surface area (Å²) in [5.74, 6) is 1.13. The largest absolute Gasteiger partial charge is 0.493 e. The van der Waals surface area contributed by atoms with Gasteiger partial charge in [0.15, 0.2) is 11.5 Å². The van der Waals surface area contributed by atoms with Gasteiger partial charge in [0.25, 0.3) is 0 Å². The maximum Gasteiger partial charge on any atom is 0.161 e. The number of hydrogen-bond acceptors (Lipinski definition) is 2. The van der Waals surface area contributed by atoms with Crippen molar-refractivity contribution >= 4 is 31.9 Å². The molecule has 0 bridgehead atoms. The van der Waals surface area contributed by atoms with Gasteiger partial charge >= 0.3 is 0 Å². The van der Waals surface area contributed by atoms with Gasteiger partial charge in [-0.1, -0.05) is 44.0 Å². The molecule has 2 rings (SSSR count). The fourth-order valence-corrected chi connectivity index (χ4v) is 3.71. The standard InChI is InChI=1S/C16H15Br2FO2/c1-20-15-8-12(14(18)9-16(15)21-2)13(17)7-10-3-5-11(19)6-4-10/h3-6,8-9,13H,7H2,1-2H3. The van der Waals surface area contributed by atoms with Crippen LogP contribution in [0.3, 0.4) is 0 Å². The van der Waals surface area contributed by atoms with Crippen molar-refractivity contribution in [2.45, 2.75) is 11.2 Å². The lowest BCUT2D eigenvalue weighted by Gasteiger charge is -2.16. The van der Waals surface area contributed by atoms with Gasteiger partial charge in [0.2, 0.25) is 0 Å². The summed E-state index contributed by atoms with van der Waals surface area (Å²) in [7, 11) is 3.22. The average Bonchev–Trinajstić information content (AvgIpc) is 2.49. The van der Waals surface area contributed by atoms with Crippen molar-refractivity contribution in [3.05, 3.63) is 57.8 Å². The van der Waals surface area contributed by atoms with Crippen molar-refractivity contribution in [2.24, 2.45) is 0 Å². The second-order valence-corrected chi connectivity index (χ2v) is 6.49. The van der Waals surface area contributed by atoms with Gasteiger partial charge in [-0.05, 0) is 41.8 Å². The first-order valence-corrected chi connectivity index (χ1v) is 8.06. The second-order valence-electron chi connectivity index (χ2n) is 4.53. The van der Waals surface area contributed by atoms with Crippen LogP contribution in [0.2, 0.25) is 0 Å². The highest BCUT2D eigenvalue weighted by Crippen LogP contribution is 2.39. The van der Waals surface area contributed by atoms with Gasteiger partial charge in [-0.2, -0.15) is 0 Å². The maximum absolute atomic E-state index is 12.9. The van der Waals surface area contributed by atoms with Crippen LogP contribution in [0.4, 0.5) is 4.39 Å². The van der Waals surface area contributed by atoms with Crippen LogP contribution >= 0.6 is 31.9 Å². The number of hydrogen-bond donors (Lipinski definition) is 0. The van der Waals surface area contributed by atoms with Crippen LogP contribution in [-0.4, -0.2) is 14.2 Å². The Morgan fingerprint density at radius 3 is 2.19 bits per heavy atom. The molecule has 0 aliphatic rings. The van der Waals surface area contributed by atoms with Gasteiger partial charge in [0.1, 0.15) is 5.82 Å². The summed E-state index contributed by atoms with van der Waals surface area (Å²) in [5.41, 5.74) is 2.11. The van der Waals surface area contributed by atoms with Gasteiger partial charge < -0.3 is 9.47 Å². The lowest BCUT2D eigenvalue weighted by Crippen LogP contribution is -1.99. The topological polar surface area (TPSA) is 18.5 Å². The van der Waals surface area contributed by atoms with Crippen LogP contribution in [0, 0.1) is 5.82 Å². The number of halogens is 3. The summed E-state index contributed by atoms with van der Waals surface area (Å²) in [6.45, 7) is 0. The van der Waals surface area contributed by atoms with Crippen LogP contribution < -0.4 is 9.47 Å². The Bertz CT molecular complexity index is 614. The number of ether oxygens (including phenoxy) is 2. The van der Waals surface area contributed by atoms with Crippen molar-refractivity contribution in [1.82, 2.24) is 0 Å². The van der Waals surface area contributed by atoms with Crippen LogP contribution in [0.25, 0.3) is 0 Å². The predicted molar refractivity (Wildman–Crippen MR) is 89.0 cm³/mol. The number of alkyl halides is 1. The Hall–Kier alpha value is -1.07. The summed E-state index contributed by atoms with van der Waals surface area (Å²) < 4.78 is 24.5. The Morgan fingerprint density at radius 2 is 1.62 bits per heavy atom. The molecule has 1 unspecified atom stereocenters. The molecule has 0 aromatic heterocycles. The number of rotatable bonds is 5. The van der Waals surface area contributed by atoms with E-state index in [0.29, 0.717) is 11.5 Å². The van der Waals surface area contributed by atoms with Crippen molar-refractivity contribution < 1.29 is 13.9 Å². The Labute approximate surface area is 140 Å². The zero-order valence-electron chi connectivity index (χ0n) is 11.7. The SMILES string of the molecule is COc1cc(Br)c(C(Br)Cc2ccc(F)cc2)cc1OC. The minimum atomic E-state index is -0.225. The normalized spacial score (nSPS) is 12.0. The van der Waals surface area contributed by atoms with Crippen LogP contribution in [-0.2, 0) is 6.42 Å². The van der Waals surface area contributed by atoms with E-state index in [0.717, 1.165) is 22.0 Å². The predicted octanol–water partition coefficient (Wildman–Crippen LogP) is 5.28. The third-order valence-corrected chi connectivity index (χ3v) is 4.67. The Morgan fingerprint density at radius 1 is 1.05 bits per heavy atom. The highest BCUT2D eigenvalue weighted by Gasteiger charge is 2.16. The van der Waals surface area contributed by atoms with E-state index in [1.165, 1.54) is 12.1 Å². The summed E-state index contributed by atoms with van der Waals surface area (Å²) in [6.07, 6.45) is 0.744. The first-order chi connectivity index (χ1) is 10.0. The fraction of sp³-hybridized carbons (Fsp3) is 0.250. The molecule has 2 aromatic rings. The molecular formula is C16H15Br2FO2. The van der Waals surface area contributed by atoms with Crippen molar-refractivity contribution in [3.8, 4) is 11.5 Å². The monoisotopic (exact) mass is 416 g/mol. The summed E-state index contributed by atoms with van der Waals surface area (Å²) in [4.78, 5) is 0.0807. The lowest BCUT2D eigenvalue weighted by molar-refractivity contribution is 0.354. The van der Waals surface area contributed by atoms with Gasteiger partial charge in [-0.15, -0.1) is 0 Å². The molecule has 0 aliphatic heterocycles. The van der Waals surface area contributed by atoms with Crippen LogP contribution in [0.15, 0.2) is 40.9 Å². The molecule has 0 radical (unpaired) electrons. The summed E-state index contributed by atoms with van der Waals surface area (Å²) >= 11 is 7.23. The van der Waals surface area contributed by atoms with Gasteiger partial charge in [0.05, 0.1) is 14.2 Å². The molecule has 0 N–H and O–H groups in total. The van der Waals surface area contributed by atoms with Crippen molar-refractivity contribution in [3.63, 3.8) is 0 Å². The minimum Gasteiger partial charge on any atom is -0.493 e. The Kier molecular flexibility index (Phi) is 5.65. The molecule has 0 fully saturated rings. The van der Waals surface area contributed by atoms with E-state index in [4.69, 9.17) is 9.47 Å².